The lowest BCUT2D eigenvalue weighted by Gasteiger charge is -2.35. The maximum Gasteiger partial charge on any atom is 0.243 e. The molecule has 0 saturated carbocycles. The molecule has 2 aliphatic rings. The Kier molecular flexibility index (Phi) is 4.63. The number of aryl methyl sites for hydroxylation is 3. The van der Waals surface area contributed by atoms with Crippen LogP contribution in [-0.4, -0.2) is 56.0 Å². The second-order valence-electron chi connectivity index (χ2n) is 7.76. The molecule has 3 aromatic rings. The molecule has 0 radical (unpaired) electrons. The van der Waals surface area contributed by atoms with E-state index in [-0.39, 0.29) is 0 Å². The summed E-state index contributed by atoms with van der Waals surface area (Å²) in [6, 6.07) is 11.7. The van der Waals surface area contributed by atoms with Crippen LogP contribution in [0.5, 0.6) is 5.88 Å². The minimum Gasteiger partial charge on any atom is -0.481 e. The van der Waals surface area contributed by atoms with E-state index in [0.29, 0.717) is 42.8 Å². The number of anilines is 1. The summed E-state index contributed by atoms with van der Waals surface area (Å²) in [5.74, 6) is 1.92. The molecule has 2 heterocycles. The average molecular weight is 425 g/mol. The van der Waals surface area contributed by atoms with Crippen molar-refractivity contribution in [3.05, 3.63) is 53.3 Å². The molecule has 8 heteroatoms. The van der Waals surface area contributed by atoms with Crippen molar-refractivity contribution < 1.29 is 13.2 Å². The van der Waals surface area contributed by atoms with E-state index in [1.807, 2.05) is 19.1 Å². The monoisotopic (exact) mass is 424 g/mol. The minimum absolute atomic E-state index is 0.423. The SMILES string of the molecule is COc1cc(N2CCN(S(=O)(=O)c3ccc4cccc5c4c3CC5)CC2)nc(C)n1. The molecule has 0 unspecified atom stereocenters. The van der Waals surface area contributed by atoms with Gasteiger partial charge in [-0.3, -0.25) is 0 Å². The Morgan fingerprint density at radius 1 is 1.00 bits per heavy atom. The quantitative estimate of drug-likeness (QED) is 0.641. The highest BCUT2D eigenvalue weighted by Crippen LogP contribution is 2.36. The second-order valence-corrected chi connectivity index (χ2v) is 9.67. The molecule has 0 amide bonds. The van der Waals surface area contributed by atoms with Crippen LogP contribution in [0.25, 0.3) is 10.8 Å². The van der Waals surface area contributed by atoms with Crippen molar-refractivity contribution in [2.75, 3.05) is 38.2 Å². The summed E-state index contributed by atoms with van der Waals surface area (Å²) in [6.07, 6.45) is 1.69. The van der Waals surface area contributed by atoms with Gasteiger partial charge in [-0.05, 0) is 47.7 Å². The van der Waals surface area contributed by atoms with E-state index >= 15 is 0 Å². The largest absolute Gasteiger partial charge is 0.481 e. The topological polar surface area (TPSA) is 75.6 Å². The molecule has 30 heavy (non-hydrogen) atoms. The van der Waals surface area contributed by atoms with Crippen LogP contribution in [0, 0.1) is 6.92 Å². The fourth-order valence-corrected chi connectivity index (χ4v) is 6.24. The predicted molar refractivity (Wildman–Crippen MR) is 116 cm³/mol. The highest BCUT2D eigenvalue weighted by molar-refractivity contribution is 7.89. The molecule has 0 atom stereocenters. The summed E-state index contributed by atoms with van der Waals surface area (Å²) in [6.45, 7) is 3.82. The third-order valence-corrected chi connectivity index (χ3v) is 8.01. The van der Waals surface area contributed by atoms with Gasteiger partial charge in [0.15, 0.2) is 0 Å². The molecule has 1 aliphatic heterocycles. The zero-order chi connectivity index (χ0) is 20.9. The van der Waals surface area contributed by atoms with E-state index in [1.54, 1.807) is 23.5 Å². The number of benzene rings is 2. The lowest BCUT2D eigenvalue weighted by molar-refractivity contribution is 0.380. The van der Waals surface area contributed by atoms with Crippen molar-refractivity contribution in [1.82, 2.24) is 14.3 Å². The van der Waals surface area contributed by atoms with Crippen molar-refractivity contribution in [3.8, 4) is 5.88 Å². The molecule has 1 saturated heterocycles. The van der Waals surface area contributed by atoms with Gasteiger partial charge in [0.05, 0.1) is 12.0 Å². The summed E-state index contributed by atoms with van der Waals surface area (Å²) < 4.78 is 33.8. The molecule has 2 aromatic carbocycles. The predicted octanol–water partition coefficient (Wildman–Crippen LogP) is 2.56. The molecule has 0 spiro atoms. The van der Waals surface area contributed by atoms with Crippen molar-refractivity contribution >= 4 is 26.6 Å². The molecule has 156 valence electrons. The number of nitrogens with zero attached hydrogens (tertiary/aromatic N) is 4. The number of hydrogen-bond acceptors (Lipinski definition) is 6. The Labute approximate surface area is 176 Å². The van der Waals surface area contributed by atoms with Crippen LogP contribution in [0.3, 0.4) is 0 Å². The van der Waals surface area contributed by atoms with E-state index in [0.717, 1.165) is 35.0 Å². The van der Waals surface area contributed by atoms with E-state index in [9.17, 15) is 8.42 Å². The zero-order valence-corrected chi connectivity index (χ0v) is 17.9. The van der Waals surface area contributed by atoms with Gasteiger partial charge in [-0.2, -0.15) is 9.29 Å². The number of hydrogen-bond donors (Lipinski definition) is 0. The second kappa shape index (κ2) is 7.21. The lowest BCUT2D eigenvalue weighted by atomic mass is 10.1. The first kappa shape index (κ1) is 19.3. The van der Waals surface area contributed by atoms with Crippen molar-refractivity contribution in [2.45, 2.75) is 24.7 Å². The highest BCUT2D eigenvalue weighted by atomic mass is 32.2. The highest BCUT2D eigenvalue weighted by Gasteiger charge is 2.32. The normalized spacial score (nSPS) is 16.9. The van der Waals surface area contributed by atoms with Gasteiger partial charge in [-0.1, -0.05) is 24.3 Å². The first-order valence-corrected chi connectivity index (χ1v) is 11.6. The van der Waals surface area contributed by atoms with Crippen molar-refractivity contribution in [1.29, 1.82) is 0 Å². The van der Waals surface area contributed by atoms with E-state index < -0.39 is 10.0 Å². The first-order valence-electron chi connectivity index (χ1n) is 10.2. The maximum absolute atomic E-state index is 13.5. The number of aromatic nitrogens is 2. The molecular weight excluding hydrogens is 400 g/mol. The van der Waals surface area contributed by atoms with E-state index in [1.165, 1.54) is 5.56 Å². The van der Waals surface area contributed by atoms with Gasteiger partial charge in [0.2, 0.25) is 15.9 Å². The van der Waals surface area contributed by atoms with Gasteiger partial charge in [0.1, 0.15) is 11.6 Å². The Hall–Kier alpha value is -2.71. The molecular formula is C22H24N4O3S. The summed E-state index contributed by atoms with van der Waals surface area (Å²) in [4.78, 5) is 11.3. The Balaban J connectivity index is 1.41. The van der Waals surface area contributed by atoms with Crippen LogP contribution in [-0.2, 0) is 22.9 Å². The molecule has 5 rings (SSSR count). The van der Waals surface area contributed by atoms with Crippen LogP contribution < -0.4 is 9.64 Å². The van der Waals surface area contributed by atoms with Gasteiger partial charge in [-0.15, -0.1) is 0 Å². The molecule has 7 nitrogen and oxygen atoms in total. The van der Waals surface area contributed by atoms with Crippen LogP contribution >= 0.6 is 0 Å². The minimum atomic E-state index is -3.54. The molecule has 1 aliphatic carbocycles. The number of sulfonamides is 1. The van der Waals surface area contributed by atoms with Crippen LogP contribution in [0.1, 0.15) is 17.0 Å². The Morgan fingerprint density at radius 3 is 2.57 bits per heavy atom. The zero-order valence-electron chi connectivity index (χ0n) is 17.1. The molecule has 0 bridgehead atoms. The van der Waals surface area contributed by atoms with Crippen molar-refractivity contribution in [2.24, 2.45) is 0 Å². The lowest BCUT2D eigenvalue weighted by Crippen LogP contribution is -2.49. The van der Waals surface area contributed by atoms with Gasteiger partial charge in [0.25, 0.3) is 0 Å². The van der Waals surface area contributed by atoms with Gasteiger partial charge >= 0.3 is 0 Å². The molecule has 1 fully saturated rings. The summed E-state index contributed by atoms with van der Waals surface area (Å²) >= 11 is 0. The molecule has 0 N–H and O–H groups in total. The summed E-state index contributed by atoms with van der Waals surface area (Å²) in [7, 11) is -1.96. The standard InChI is InChI=1S/C22H24N4O3S/c1-15-23-20(14-21(24-15)29-2)25-10-12-26(13-11-25)30(27,28)19-9-7-17-5-3-4-16-6-8-18(19)22(16)17/h3-5,7,9,14H,6,8,10-13H2,1-2H3. The van der Waals surface area contributed by atoms with Crippen LogP contribution in [0.15, 0.2) is 41.3 Å². The van der Waals surface area contributed by atoms with E-state index in [2.05, 4.69) is 27.0 Å². The van der Waals surface area contributed by atoms with Crippen LogP contribution in [0.2, 0.25) is 0 Å². The number of methoxy groups -OCH3 is 1. The first-order chi connectivity index (χ1) is 14.5. The average Bonchev–Trinajstić information content (AvgIpc) is 3.19. The maximum atomic E-state index is 13.5. The van der Waals surface area contributed by atoms with Gasteiger partial charge in [0, 0.05) is 32.2 Å². The van der Waals surface area contributed by atoms with Gasteiger partial charge < -0.3 is 9.64 Å². The number of rotatable bonds is 4. The van der Waals surface area contributed by atoms with Crippen molar-refractivity contribution in [3.63, 3.8) is 0 Å². The summed E-state index contributed by atoms with van der Waals surface area (Å²) in [5.41, 5.74) is 2.22. The van der Waals surface area contributed by atoms with E-state index in [4.69, 9.17) is 4.74 Å². The Bertz CT molecular complexity index is 1230. The summed E-state index contributed by atoms with van der Waals surface area (Å²) in [5, 5.41) is 2.25. The van der Waals surface area contributed by atoms with Crippen LogP contribution in [0.4, 0.5) is 5.82 Å². The third-order valence-electron chi connectivity index (χ3n) is 6.03. The smallest absolute Gasteiger partial charge is 0.243 e. The molecule has 1 aromatic heterocycles. The third kappa shape index (κ3) is 3.11. The Morgan fingerprint density at radius 2 is 1.80 bits per heavy atom. The fourth-order valence-electron chi connectivity index (χ4n) is 4.56. The fraction of sp³-hybridized carbons (Fsp3) is 0.364. The van der Waals surface area contributed by atoms with Gasteiger partial charge in [-0.25, -0.2) is 13.4 Å². The number of ether oxygens (including phenoxy) is 1. The number of piperazine rings is 1.